The third-order valence-corrected chi connectivity index (χ3v) is 6.74. The molecular weight excluding hydrogens is 408 g/mol. The van der Waals surface area contributed by atoms with E-state index in [-0.39, 0.29) is 10.5 Å². The first kappa shape index (κ1) is 16.4. The summed E-state index contributed by atoms with van der Waals surface area (Å²) < 4.78 is 35.1. The van der Waals surface area contributed by atoms with Gasteiger partial charge in [0, 0.05) is 23.6 Å². The van der Waals surface area contributed by atoms with Gasteiger partial charge in [0.15, 0.2) is 5.58 Å². The van der Waals surface area contributed by atoms with Crippen LogP contribution in [0.4, 0.5) is 5.69 Å². The summed E-state index contributed by atoms with van der Waals surface area (Å²) >= 11 is 3.41. The van der Waals surface area contributed by atoms with Crippen LogP contribution >= 0.6 is 15.9 Å². The lowest BCUT2D eigenvalue weighted by atomic mass is 10.2. The van der Waals surface area contributed by atoms with Crippen molar-refractivity contribution >= 4 is 42.7 Å². The number of oxazole rings is 1. The maximum Gasteiger partial charge on any atom is 0.419 e. The first-order valence-corrected chi connectivity index (χ1v) is 10.1. The van der Waals surface area contributed by atoms with E-state index in [1.807, 2.05) is 19.1 Å². The molecule has 25 heavy (non-hydrogen) atoms. The highest BCUT2D eigenvalue weighted by molar-refractivity contribution is 9.10. The third kappa shape index (κ3) is 2.51. The number of benzene rings is 2. The number of aromatic nitrogens is 1. The lowest BCUT2D eigenvalue weighted by molar-refractivity contribution is 0.512. The van der Waals surface area contributed by atoms with Crippen LogP contribution in [0.3, 0.4) is 0 Å². The average Bonchev–Trinajstić information content (AvgIpc) is 3.13. The SMILES string of the molecule is CCn1c(=O)oc2cc(S(=O)(=O)N3CCc4cc(Br)ccc43)ccc21. The summed E-state index contributed by atoms with van der Waals surface area (Å²) in [5, 5.41) is 0. The molecule has 0 N–H and O–H groups in total. The van der Waals surface area contributed by atoms with E-state index in [4.69, 9.17) is 4.42 Å². The van der Waals surface area contributed by atoms with Gasteiger partial charge in [-0.05, 0) is 49.2 Å². The monoisotopic (exact) mass is 422 g/mol. The minimum atomic E-state index is -3.72. The molecule has 0 spiro atoms. The number of fused-ring (bicyclic) bond motifs is 2. The number of sulfonamides is 1. The zero-order chi connectivity index (χ0) is 17.8. The number of halogens is 1. The van der Waals surface area contributed by atoms with E-state index in [0.717, 1.165) is 10.0 Å². The lowest BCUT2D eigenvalue weighted by Crippen LogP contribution is -2.29. The first-order valence-electron chi connectivity index (χ1n) is 7.86. The van der Waals surface area contributed by atoms with Crippen molar-refractivity contribution in [3.05, 3.63) is 57.0 Å². The number of hydrogen-bond donors (Lipinski definition) is 0. The maximum atomic E-state index is 13.1. The summed E-state index contributed by atoms with van der Waals surface area (Å²) in [7, 11) is -3.72. The van der Waals surface area contributed by atoms with Crippen molar-refractivity contribution in [2.75, 3.05) is 10.8 Å². The van der Waals surface area contributed by atoms with Crippen LogP contribution < -0.4 is 10.1 Å². The molecule has 8 heteroatoms. The Morgan fingerprint density at radius 3 is 2.76 bits per heavy atom. The van der Waals surface area contributed by atoms with Gasteiger partial charge in [-0.15, -0.1) is 0 Å². The second-order valence-electron chi connectivity index (χ2n) is 5.84. The molecule has 2 heterocycles. The molecule has 3 aromatic rings. The van der Waals surface area contributed by atoms with Crippen molar-refractivity contribution in [1.29, 1.82) is 0 Å². The highest BCUT2D eigenvalue weighted by atomic mass is 79.9. The van der Waals surface area contributed by atoms with Gasteiger partial charge >= 0.3 is 5.76 Å². The molecule has 0 aliphatic carbocycles. The predicted molar refractivity (Wildman–Crippen MR) is 98.5 cm³/mol. The second-order valence-corrected chi connectivity index (χ2v) is 8.62. The first-order chi connectivity index (χ1) is 11.9. The molecule has 6 nitrogen and oxygen atoms in total. The molecular formula is C17H15BrN2O4S. The van der Waals surface area contributed by atoms with Crippen LogP contribution in [0.15, 0.2) is 55.0 Å². The molecule has 0 atom stereocenters. The van der Waals surface area contributed by atoms with Gasteiger partial charge in [0.25, 0.3) is 10.0 Å². The zero-order valence-corrected chi connectivity index (χ0v) is 15.8. The second kappa shape index (κ2) is 5.74. The number of anilines is 1. The fourth-order valence-corrected chi connectivity index (χ4v) is 5.15. The Morgan fingerprint density at radius 2 is 2.00 bits per heavy atom. The Bertz CT molecular complexity index is 1150. The lowest BCUT2D eigenvalue weighted by Gasteiger charge is -2.19. The minimum Gasteiger partial charge on any atom is -0.408 e. The molecule has 0 bridgehead atoms. The van der Waals surface area contributed by atoms with Gasteiger partial charge < -0.3 is 4.42 Å². The van der Waals surface area contributed by atoms with E-state index in [2.05, 4.69) is 15.9 Å². The average molecular weight is 423 g/mol. The summed E-state index contributed by atoms with van der Waals surface area (Å²) in [5.41, 5.74) is 2.55. The standard InChI is InChI=1S/C17H15BrN2O4S/c1-2-19-15-6-4-13(10-16(15)24-17(19)21)25(22,23)20-8-7-11-9-12(18)3-5-14(11)20/h3-6,9-10H,2,7-8H2,1H3. The van der Waals surface area contributed by atoms with Gasteiger partial charge in [0.2, 0.25) is 0 Å². The highest BCUT2D eigenvalue weighted by Gasteiger charge is 2.31. The summed E-state index contributed by atoms with van der Waals surface area (Å²) in [4.78, 5) is 11.9. The van der Waals surface area contributed by atoms with Crippen LogP contribution in [-0.4, -0.2) is 19.5 Å². The topological polar surface area (TPSA) is 72.5 Å². The van der Waals surface area contributed by atoms with Crippen molar-refractivity contribution in [2.45, 2.75) is 24.8 Å². The van der Waals surface area contributed by atoms with E-state index in [9.17, 15) is 13.2 Å². The number of hydrogen-bond acceptors (Lipinski definition) is 4. The molecule has 130 valence electrons. The van der Waals surface area contributed by atoms with Crippen LogP contribution in [0.25, 0.3) is 11.1 Å². The number of aryl methyl sites for hydroxylation is 1. The van der Waals surface area contributed by atoms with Crippen molar-refractivity contribution in [3.8, 4) is 0 Å². The largest absolute Gasteiger partial charge is 0.419 e. The fraction of sp³-hybridized carbons (Fsp3) is 0.235. The molecule has 1 aromatic heterocycles. The summed E-state index contributed by atoms with van der Waals surface area (Å²) in [6.07, 6.45) is 0.664. The molecule has 1 aliphatic rings. The van der Waals surface area contributed by atoms with Crippen LogP contribution in [-0.2, 0) is 23.0 Å². The fourth-order valence-electron chi connectivity index (χ4n) is 3.22. The zero-order valence-electron chi connectivity index (χ0n) is 13.4. The van der Waals surface area contributed by atoms with Gasteiger partial charge in [-0.1, -0.05) is 15.9 Å². The van der Waals surface area contributed by atoms with E-state index < -0.39 is 15.8 Å². The molecule has 1 aliphatic heterocycles. The van der Waals surface area contributed by atoms with Crippen molar-refractivity contribution in [1.82, 2.24) is 4.57 Å². The van der Waals surface area contributed by atoms with Crippen LogP contribution in [0.2, 0.25) is 0 Å². The Kier molecular flexibility index (Phi) is 3.77. The van der Waals surface area contributed by atoms with Crippen LogP contribution in [0, 0.1) is 0 Å². The summed E-state index contributed by atoms with van der Waals surface area (Å²) in [5.74, 6) is -0.483. The maximum absolute atomic E-state index is 13.1. The molecule has 0 radical (unpaired) electrons. The van der Waals surface area contributed by atoms with Gasteiger partial charge in [0.1, 0.15) is 0 Å². The van der Waals surface area contributed by atoms with Crippen molar-refractivity contribution < 1.29 is 12.8 Å². The Labute approximate surface area is 152 Å². The molecule has 0 saturated heterocycles. The molecule has 4 rings (SSSR count). The smallest absolute Gasteiger partial charge is 0.408 e. The molecule has 0 amide bonds. The Morgan fingerprint density at radius 1 is 1.20 bits per heavy atom. The molecule has 0 saturated carbocycles. The summed E-state index contributed by atoms with van der Waals surface area (Å²) in [6, 6.07) is 10.1. The van der Waals surface area contributed by atoms with E-state index in [1.165, 1.54) is 21.0 Å². The Hall–Kier alpha value is -2.06. The van der Waals surface area contributed by atoms with Gasteiger partial charge in [-0.25, -0.2) is 13.2 Å². The Balaban J connectivity index is 1.82. The quantitative estimate of drug-likeness (QED) is 0.649. The van der Waals surface area contributed by atoms with Gasteiger partial charge in [0.05, 0.1) is 16.1 Å². The normalized spacial score (nSPS) is 14.2. The molecule has 0 unspecified atom stereocenters. The van der Waals surface area contributed by atoms with E-state index in [1.54, 1.807) is 12.1 Å². The third-order valence-electron chi connectivity index (χ3n) is 4.44. The van der Waals surface area contributed by atoms with Crippen LogP contribution in [0.1, 0.15) is 12.5 Å². The molecule has 0 fully saturated rings. The van der Waals surface area contributed by atoms with Crippen LogP contribution in [0.5, 0.6) is 0 Å². The number of rotatable bonds is 3. The van der Waals surface area contributed by atoms with Gasteiger partial charge in [-0.2, -0.15) is 0 Å². The van der Waals surface area contributed by atoms with Crippen molar-refractivity contribution in [2.24, 2.45) is 0 Å². The minimum absolute atomic E-state index is 0.118. The van der Waals surface area contributed by atoms with Crippen molar-refractivity contribution in [3.63, 3.8) is 0 Å². The predicted octanol–water partition coefficient (Wildman–Crippen LogP) is 3.13. The van der Waals surface area contributed by atoms with E-state index >= 15 is 0 Å². The number of nitrogens with zero attached hydrogens (tertiary/aromatic N) is 2. The van der Waals surface area contributed by atoms with Gasteiger partial charge in [-0.3, -0.25) is 8.87 Å². The highest BCUT2D eigenvalue weighted by Crippen LogP contribution is 2.35. The summed E-state index contributed by atoms with van der Waals surface area (Å²) in [6.45, 7) is 2.69. The molecule has 2 aromatic carbocycles. The van der Waals surface area contributed by atoms with E-state index in [0.29, 0.717) is 30.7 Å².